The second kappa shape index (κ2) is 12.4. The smallest absolute Gasteiger partial charge is 0.311 e. The van der Waals surface area contributed by atoms with Gasteiger partial charge in [-0.05, 0) is 86.8 Å². The van der Waals surface area contributed by atoms with Crippen molar-refractivity contribution in [2.24, 2.45) is 5.41 Å². The molecule has 0 saturated carbocycles. The second-order valence-corrected chi connectivity index (χ2v) is 9.98. The van der Waals surface area contributed by atoms with Crippen LogP contribution in [-0.2, 0) is 9.59 Å². The number of hydrogen-bond acceptors (Lipinski definition) is 3. The Bertz CT molecular complexity index is 1100. The van der Waals surface area contributed by atoms with Crippen LogP contribution in [0.3, 0.4) is 0 Å². The quantitative estimate of drug-likeness (QED) is 0.196. The molecule has 0 aromatic heterocycles. The average Bonchev–Trinajstić information content (AvgIpc) is 2.75. The van der Waals surface area contributed by atoms with Crippen molar-refractivity contribution in [2.75, 3.05) is 5.32 Å². The van der Waals surface area contributed by atoms with Crippen LogP contribution in [0.15, 0.2) is 76.9 Å². The number of allylic oxidation sites excluding steroid dienone is 9. The molecule has 1 aromatic rings. The van der Waals surface area contributed by atoms with Crippen molar-refractivity contribution in [2.45, 2.75) is 73.1 Å². The third kappa shape index (κ3) is 8.13. The van der Waals surface area contributed by atoms with Crippen LogP contribution < -0.4 is 5.32 Å². The van der Waals surface area contributed by atoms with Gasteiger partial charge in [-0.15, -0.1) is 0 Å². The topological polar surface area (TPSA) is 86.6 Å². The largest absolute Gasteiger partial charge is 0.508 e. The van der Waals surface area contributed by atoms with Gasteiger partial charge in [0, 0.05) is 11.8 Å². The Labute approximate surface area is 209 Å². The predicted octanol–water partition coefficient (Wildman–Crippen LogP) is 7.44. The Balaban J connectivity index is 2.08. The molecule has 0 bridgehead atoms. The molecule has 1 atom stereocenters. The lowest BCUT2D eigenvalue weighted by Crippen LogP contribution is -2.19. The zero-order valence-corrected chi connectivity index (χ0v) is 21.8. The number of nitrogens with one attached hydrogen (secondary N) is 1. The van der Waals surface area contributed by atoms with Gasteiger partial charge in [-0.25, -0.2) is 0 Å². The van der Waals surface area contributed by atoms with Crippen molar-refractivity contribution in [3.8, 4) is 5.75 Å². The number of phenols is 1. The van der Waals surface area contributed by atoms with E-state index < -0.39 is 11.9 Å². The number of hydrogen-bond donors (Lipinski definition) is 3. The van der Waals surface area contributed by atoms with Crippen LogP contribution >= 0.6 is 0 Å². The maximum Gasteiger partial charge on any atom is 0.311 e. The van der Waals surface area contributed by atoms with Gasteiger partial charge < -0.3 is 15.5 Å². The first-order valence-electron chi connectivity index (χ1n) is 12.2. The van der Waals surface area contributed by atoms with Crippen LogP contribution in [-0.4, -0.2) is 22.1 Å². The molecule has 2 rings (SSSR count). The van der Waals surface area contributed by atoms with Crippen LogP contribution in [0.2, 0.25) is 0 Å². The van der Waals surface area contributed by atoms with E-state index in [4.69, 9.17) is 0 Å². The maximum atomic E-state index is 12.5. The number of amides is 1. The molecule has 1 amide bonds. The fraction of sp³-hybridized carbons (Fsp3) is 0.400. The molecule has 0 fully saturated rings. The molecule has 0 aliphatic heterocycles. The van der Waals surface area contributed by atoms with E-state index in [2.05, 4.69) is 45.2 Å². The van der Waals surface area contributed by atoms with Crippen molar-refractivity contribution in [1.82, 2.24) is 0 Å². The monoisotopic (exact) mass is 477 g/mol. The van der Waals surface area contributed by atoms with Gasteiger partial charge in [-0.1, -0.05) is 62.3 Å². The maximum absolute atomic E-state index is 12.5. The van der Waals surface area contributed by atoms with Crippen LogP contribution in [0, 0.1) is 5.41 Å². The average molecular weight is 478 g/mol. The van der Waals surface area contributed by atoms with Crippen molar-refractivity contribution in [1.29, 1.82) is 0 Å². The summed E-state index contributed by atoms with van der Waals surface area (Å²) in [6.45, 7) is 12.5. The summed E-state index contributed by atoms with van der Waals surface area (Å²) in [4.78, 5) is 24.1. The van der Waals surface area contributed by atoms with Gasteiger partial charge in [0.2, 0.25) is 5.91 Å². The molecule has 1 unspecified atom stereocenters. The van der Waals surface area contributed by atoms with E-state index in [-0.39, 0.29) is 17.1 Å². The molecule has 3 N–H and O–H groups in total. The molecule has 1 aliphatic rings. The Morgan fingerprint density at radius 1 is 1.17 bits per heavy atom. The van der Waals surface area contributed by atoms with Gasteiger partial charge in [0.15, 0.2) is 0 Å². The zero-order valence-electron chi connectivity index (χ0n) is 21.8. The minimum Gasteiger partial charge on any atom is -0.508 e. The molecule has 0 saturated heterocycles. The number of phenolic OH excluding ortho intramolecular Hbond substituents is 1. The Morgan fingerprint density at radius 2 is 1.89 bits per heavy atom. The summed E-state index contributed by atoms with van der Waals surface area (Å²) in [5.41, 5.74) is 5.74. The molecule has 0 radical (unpaired) electrons. The number of carbonyl (C=O) groups is 2. The van der Waals surface area contributed by atoms with E-state index in [1.807, 2.05) is 25.2 Å². The minimum absolute atomic E-state index is 0.0398. The van der Waals surface area contributed by atoms with E-state index in [1.165, 1.54) is 54.7 Å². The van der Waals surface area contributed by atoms with E-state index >= 15 is 0 Å². The van der Waals surface area contributed by atoms with E-state index in [9.17, 15) is 19.8 Å². The highest BCUT2D eigenvalue weighted by Crippen LogP contribution is 2.40. The Kier molecular flexibility index (Phi) is 9.88. The number of rotatable bonds is 9. The van der Waals surface area contributed by atoms with Gasteiger partial charge in [-0.2, -0.15) is 0 Å². The number of carboxylic acid groups (broad SMARTS) is 1. The standard InChI is InChI=1S/C30H39NO4/c1-7-24(29(34)35)25-19-23(32)14-16-27(25)31-28(33)18-21(3)11-8-10-20(2)13-15-26-22(4)12-9-17-30(26,5)6/h8,10-11,13-16,18-19,24,32H,7,9,12,17H2,1-6H3,(H,31,33)(H,34,35)/b11-8+,15-13?,20-10+,21-18+. The second-order valence-electron chi connectivity index (χ2n) is 9.98. The van der Waals surface area contributed by atoms with Crippen LogP contribution in [0.25, 0.3) is 0 Å². The van der Waals surface area contributed by atoms with Gasteiger partial charge in [0.25, 0.3) is 0 Å². The summed E-state index contributed by atoms with van der Waals surface area (Å²) in [6.07, 6.45) is 15.6. The van der Waals surface area contributed by atoms with Gasteiger partial charge in [-0.3, -0.25) is 9.59 Å². The molecule has 0 heterocycles. The summed E-state index contributed by atoms with van der Waals surface area (Å²) in [6, 6.07) is 4.34. The summed E-state index contributed by atoms with van der Waals surface area (Å²) < 4.78 is 0. The number of benzene rings is 1. The Hall–Kier alpha value is -3.34. The number of carbonyl (C=O) groups excluding carboxylic acids is 1. The van der Waals surface area contributed by atoms with E-state index in [0.29, 0.717) is 17.7 Å². The first-order valence-corrected chi connectivity index (χ1v) is 12.2. The molecule has 5 heteroatoms. The van der Waals surface area contributed by atoms with Crippen LogP contribution in [0.4, 0.5) is 5.69 Å². The zero-order chi connectivity index (χ0) is 26.2. The summed E-state index contributed by atoms with van der Waals surface area (Å²) in [5.74, 6) is -2.22. The molecule has 0 spiro atoms. The van der Waals surface area contributed by atoms with Crippen molar-refractivity contribution < 1.29 is 19.8 Å². The van der Waals surface area contributed by atoms with Crippen molar-refractivity contribution in [3.63, 3.8) is 0 Å². The predicted molar refractivity (Wildman–Crippen MR) is 144 cm³/mol. The lowest BCUT2D eigenvalue weighted by molar-refractivity contribution is -0.138. The third-order valence-electron chi connectivity index (χ3n) is 6.51. The summed E-state index contributed by atoms with van der Waals surface area (Å²) in [7, 11) is 0. The molecule has 188 valence electrons. The highest BCUT2D eigenvalue weighted by atomic mass is 16.4. The Morgan fingerprint density at radius 3 is 2.51 bits per heavy atom. The van der Waals surface area contributed by atoms with Crippen LogP contribution in [0.1, 0.15) is 78.7 Å². The minimum atomic E-state index is -1.00. The highest BCUT2D eigenvalue weighted by molar-refractivity contribution is 6.01. The van der Waals surface area contributed by atoms with Gasteiger partial charge in [0.05, 0.1) is 5.92 Å². The highest BCUT2D eigenvalue weighted by Gasteiger charge is 2.26. The van der Waals surface area contributed by atoms with E-state index in [1.54, 1.807) is 6.92 Å². The van der Waals surface area contributed by atoms with Crippen LogP contribution in [0.5, 0.6) is 5.75 Å². The van der Waals surface area contributed by atoms with Gasteiger partial charge >= 0.3 is 5.97 Å². The summed E-state index contributed by atoms with van der Waals surface area (Å²) in [5, 5.41) is 22.0. The SMILES string of the molecule is CCC(C(=O)O)c1cc(O)ccc1NC(=O)/C=C(C)/C=C/C=C(\C)C=CC1=C(C)CCCC1(C)C. The summed E-state index contributed by atoms with van der Waals surface area (Å²) >= 11 is 0. The van der Waals surface area contributed by atoms with E-state index in [0.717, 1.165) is 11.1 Å². The normalized spacial score (nSPS) is 17.8. The number of carboxylic acids is 1. The molecule has 1 aromatic carbocycles. The van der Waals surface area contributed by atoms with Crippen molar-refractivity contribution in [3.05, 3.63) is 82.5 Å². The lowest BCUT2D eigenvalue weighted by Gasteiger charge is -2.32. The molecular weight excluding hydrogens is 438 g/mol. The molecule has 5 nitrogen and oxygen atoms in total. The lowest BCUT2D eigenvalue weighted by atomic mass is 9.72. The molecule has 35 heavy (non-hydrogen) atoms. The fourth-order valence-electron chi connectivity index (χ4n) is 4.54. The van der Waals surface area contributed by atoms with Crippen molar-refractivity contribution >= 4 is 17.6 Å². The number of anilines is 1. The molecule has 1 aliphatic carbocycles. The van der Waals surface area contributed by atoms with Gasteiger partial charge in [0.1, 0.15) is 5.75 Å². The molecular formula is C30H39NO4. The fourth-order valence-corrected chi connectivity index (χ4v) is 4.54. The number of aromatic hydroxyl groups is 1. The third-order valence-corrected chi connectivity index (χ3v) is 6.51. The number of aliphatic carboxylic acids is 1. The first kappa shape index (κ1) is 27.9. The first-order chi connectivity index (χ1) is 16.4.